The van der Waals surface area contributed by atoms with Crippen LogP contribution in [-0.4, -0.2) is 41.6 Å². The molecule has 1 unspecified atom stereocenters. The Hall–Kier alpha value is -0.240. The molecule has 0 fully saturated rings. The number of rotatable bonds is 9. The summed E-state index contributed by atoms with van der Waals surface area (Å²) in [6.45, 7) is 9.94. The predicted octanol–water partition coefficient (Wildman–Crippen LogP) is 2.27. The lowest BCUT2D eigenvalue weighted by Gasteiger charge is -2.30. The highest BCUT2D eigenvalue weighted by atomic mass is 31.2. The third-order valence-corrected chi connectivity index (χ3v) is 3.10. The van der Waals surface area contributed by atoms with Crippen molar-refractivity contribution in [3.63, 3.8) is 0 Å². The average molecular weight is 262 g/mol. The first-order chi connectivity index (χ1) is 7.99. The molecule has 0 aliphatic heterocycles. The fourth-order valence-corrected chi connectivity index (χ4v) is 2.10. The van der Waals surface area contributed by atoms with E-state index in [2.05, 4.69) is 32.6 Å². The van der Waals surface area contributed by atoms with Gasteiger partial charge in [0.2, 0.25) is 0 Å². The lowest BCUT2D eigenvalue weighted by molar-refractivity contribution is 0.127. The molecular formula is C11H23N2O3P. The number of hydrogen-bond acceptors (Lipinski definition) is 5. The first kappa shape index (κ1) is 16.8. The van der Waals surface area contributed by atoms with Gasteiger partial charge in [0.1, 0.15) is 0 Å². The van der Waals surface area contributed by atoms with Gasteiger partial charge in [-0.2, -0.15) is 5.26 Å². The van der Waals surface area contributed by atoms with E-state index in [-0.39, 0.29) is 13.0 Å². The Bertz CT molecular complexity index is 223. The minimum atomic E-state index is -1.84. The molecule has 6 heteroatoms. The van der Waals surface area contributed by atoms with Crippen LogP contribution in [-0.2, 0) is 9.05 Å². The molecule has 0 aromatic heterocycles. The van der Waals surface area contributed by atoms with Crippen LogP contribution in [0.1, 0.15) is 34.1 Å². The molecule has 0 aromatic rings. The lowest BCUT2D eigenvalue weighted by Crippen LogP contribution is -2.39. The molecule has 0 rings (SSSR count). The first-order valence-electron chi connectivity index (χ1n) is 5.86. The smallest absolute Gasteiger partial charge is 0.328 e. The summed E-state index contributed by atoms with van der Waals surface area (Å²) in [6.07, 6.45) is 0.271. The van der Waals surface area contributed by atoms with E-state index < -0.39 is 8.60 Å². The molecule has 0 bridgehead atoms. The highest BCUT2D eigenvalue weighted by Gasteiger charge is 2.14. The summed E-state index contributed by atoms with van der Waals surface area (Å²) < 4.78 is 10.1. The van der Waals surface area contributed by atoms with Crippen LogP contribution in [0, 0.1) is 11.3 Å². The lowest BCUT2D eigenvalue weighted by atomic mass is 10.2. The van der Waals surface area contributed by atoms with E-state index in [1.165, 1.54) is 0 Å². The van der Waals surface area contributed by atoms with Gasteiger partial charge in [-0.15, -0.1) is 0 Å². The summed E-state index contributed by atoms with van der Waals surface area (Å²) in [4.78, 5) is 11.6. The van der Waals surface area contributed by atoms with Gasteiger partial charge in [-0.3, -0.25) is 4.90 Å². The van der Waals surface area contributed by atoms with E-state index in [0.717, 1.165) is 6.54 Å². The van der Waals surface area contributed by atoms with E-state index in [1.807, 2.05) is 6.07 Å². The predicted molar refractivity (Wildman–Crippen MR) is 68.3 cm³/mol. The monoisotopic (exact) mass is 262 g/mol. The summed E-state index contributed by atoms with van der Waals surface area (Å²) in [5, 5.41) is 8.30. The van der Waals surface area contributed by atoms with Crippen molar-refractivity contribution >= 4 is 8.60 Å². The molecule has 0 amide bonds. The van der Waals surface area contributed by atoms with Crippen molar-refractivity contribution in [1.29, 1.82) is 5.26 Å². The zero-order valence-electron chi connectivity index (χ0n) is 11.1. The minimum absolute atomic E-state index is 0.219. The van der Waals surface area contributed by atoms with Gasteiger partial charge in [0.05, 0.1) is 25.7 Å². The Morgan fingerprint density at radius 2 is 1.71 bits per heavy atom. The maximum absolute atomic E-state index is 9.36. The van der Waals surface area contributed by atoms with Crippen molar-refractivity contribution in [1.82, 2.24) is 4.90 Å². The van der Waals surface area contributed by atoms with E-state index in [0.29, 0.717) is 18.7 Å². The normalized spacial score (nSPS) is 13.4. The minimum Gasteiger partial charge on any atom is -0.328 e. The molecule has 5 nitrogen and oxygen atoms in total. The molecule has 1 N–H and O–H groups in total. The first-order valence-corrected chi connectivity index (χ1v) is 6.99. The van der Waals surface area contributed by atoms with Gasteiger partial charge in [-0.1, -0.05) is 0 Å². The van der Waals surface area contributed by atoms with Crippen LogP contribution in [0.2, 0.25) is 0 Å². The van der Waals surface area contributed by atoms with E-state index >= 15 is 0 Å². The van der Waals surface area contributed by atoms with Gasteiger partial charge in [0.25, 0.3) is 0 Å². The molecule has 0 saturated heterocycles. The van der Waals surface area contributed by atoms with Crippen molar-refractivity contribution in [2.24, 2.45) is 0 Å². The van der Waals surface area contributed by atoms with Crippen molar-refractivity contribution in [3.05, 3.63) is 0 Å². The van der Waals surface area contributed by atoms with Crippen LogP contribution in [0.25, 0.3) is 0 Å². The fraction of sp³-hybridized carbons (Fsp3) is 0.909. The SMILES string of the molecule is CC(C)N(CCOP(O)OCCC#N)C(C)C. The second kappa shape index (κ2) is 9.76. The van der Waals surface area contributed by atoms with E-state index in [9.17, 15) is 4.89 Å². The summed E-state index contributed by atoms with van der Waals surface area (Å²) >= 11 is 0. The molecule has 0 radical (unpaired) electrons. The second-order valence-electron chi connectivity index (χ2n) is 4.24. The molecule has 1 atom stereocenters. The zero-order valence-corrected chi connectivity index (χ0v) is 12.0. The molecule has 0 aromatic carbocycles. The van der Waals surface area contributed by atoms with E-state index in [1.54, 1.807) is 0 Å². The fourth-order valence-electron chi connectivity index (χ4n) is 1.54. The van der Waals surface area contributed by atoms with Gasteiger partial charge in [-0.25, -0.2) is 0 Å². The van der Waals surface area contributed by atoms with Gasteiger partial charge in [0.15, 0.2) is 0 Å². The summed E-state index contributed by atoms with van der Waals surface area (Å²) in [5.74, 6) is 0. The molecule has 100 valence electrons. The zero-order chi connectivity index (χ0) is 13.3. The Kier molecular flexibility index (Phi) is 9.62. The molecule has 0 spiro atoms. The Labute approximate surface area is 105 Å². The highest BCUT2D eigenvalue weighted by molar-refractivity contribution is 7.40. The van der Waals surface area contributed by atoms with Crippen LogP contribution in [0.15, 0.2) is 0 Å². The maximum Gasteiger partial charge on any atom is 0.329 e. The van der Waals surface area contributed by atoms with Crippen molar-refractivity contribution in [2.75, 3.05) is 19.8 Å². The largest absolute Gasteiger partial charge is 0.329 e. The molecule has 0 aliphatic carbocycles. The highest BCUT2D eigenvalue weighted by Crippen LogP contribution is 2.32. The van der Waals surface area contributed by atoms with Gasteiger partial charge in [-0.05, 0) is 27.7 Å². The third kappa shape index (κ3) is 8.48. The molecular weight excluding hydrogens is 239 g/mol. The topological polar surface area (TPSA) is 65.7 Å². The summed E-state index contributed by atoms with van der Waals surface area (Å²) in [7, 11) is -1.84. The van der Waals surface area contributed by atoms with Crippen LogP contribution in [0.3, 0.4) is 0 Å². The van der Waals surface area contributed by atoms with Crippen molar-refractivity contribution < 1.29 is 13.9 Å². The van der Waals surface area contributed by atoms with Gasteiger partial charge >= 0.3 is 8.60 Å². The Morgan fingerprint density at radius 1 is 1.18 bits per heavy atom. The standard InChI is InChI=1S/C11H23N2O3P/c1-10(2)13(11(3)4)7-9-16-17(14)15-8-5-6-12/h10-11,14H,5,7-9H2,1-4H3. The molecule has 0 heterocycles. The maximum atomic E-state index is 9.36. The van der Waals surface area contributed by atoms with Gasteiger partial charge < -0.3 is 13.9 Å². The third-order valence-electron chi connectivity index (χ3n) is 2.29. The van der Waals surface area contributed by atoms with E-state index in [4.69, 9.17) is 14.3 Å². The van der Waals surface area contributed by atoms with Crippen molar-refractivity contribution in [3.8, 4) is 6.07 Å². The number of nitriles is 1. The summed E-state index contributed by atoms with van der Waals surface area (Å²) in [6, 6.07) is 2.83. The Morgan fingerprint density at radius 3 is 2.18 bits per heavy atom. The average Bonchev–Trinajstić information content (AvgIpc) is 2.23. The van der Waals surface area contributed by atoms with Crippen molar-refractivity contribution in [2.45, 2.75) is 46.2 Å². The van der Waals surface area contributed by atoms with Crippen LogP contribution >= 0.6 is 8.60 Å². The molecule has 0 saturated carbocycles. The van der Waals surface area contributed by atoms with Crippen LogP contribution in [0.5, 0.6) is 0 Å². The van der Waals surface area contributed by atoms with Gasteiger partial charge in [0, 0.05) is 18.6 Å². The molecule has 17 heavy (non-hydrogen) atoms. The Balaban J connectivity index is 3.70. The number of nitrogens with zero attached hydrogens (tertiary/aromatic N) is 2. The van der Waals surface area contributed by atoms with Crippen LogP contribution < -0.4 is 0 Å². The number of hydrogen-bond donors (Lipinski definition) is 1. The molecule has 0 aliphatic rings. The second-order valence-corrected chi connectivity index (χ2v) is 5.23. The quantitative estimate of drug-likeness (QED) is 0.510. The summed E-state index contributed by atoms with van der Waals surface area (Å²) in [5.41, 5.74) is 0. The van der Waals surface area contributed by atoms with Crippen LogP contribution in [0.4, 0.5) is 0 Å².